The van der Waals surface area contributed by atoms with Gasteiger partial charge in [-0.05, 0) is 30.4 Å². The van der Waals surface area contributed by atoms with Crippen LogP contribution in [0.25, 0.3) is 27.8 Å². The predicted octanol–water partition coefficient (Wildman–Crippen LogP) is 3.30. The fourth-order valence-corrected chi connectivity index (χ4v) is 5.16. The van der Waals surface area contributed by atoms with E-state index >= 15 is 0 Å². The Balaban J connectivity index is 1.69. The molecule has 31 heavy (non-hydrogen) atoms. The van der Waals surface area contributed by atoms with Gasteiger partial charge in [0, 0.05) is 16.9 Å². The van der Waals surface area contributed by atoms with Crippen LogP contribution in [0.4, 0.5) is 0 Å². The summed E-state index contributed by atoms with van der Waals surface area (Å²) in [5.41, 5.74) is 1.55. The van der Waals surface area contributed by atoms with Gasteiger partial charge in [-0.2, -0.15) is 14.6 Å². The molecule has 4 atom stereocenters. The zero-order valence-electron chi connectivity index (χ0n) is 16.4. The number of nitrogens with zero attached hydrogens (tertiary/aromatic N) is 4. The quantitative estimate of drug-likeness (QED) is 0.411. The summed E-state index contributed by atoms with van der Waals surface area (Å²) in [5, 5.41) is 15.4. The second-order valence-corrected chi connectivity index (χ2v) is 8.19. The number of carbonyl (C=O) groups is 1. The van der Waals surface area contributed by atoms with Crippen LogP contribution in [0.5, 0.6) is 0 Å². The van der Waals surface area contributed by atoms with Crippen molar-refractivity contribution >= 4 is 22.5 Å². The van der Waals surface area contributed by atoms with Crippen molar-refractivity contribution in [2.75, 3.05) is 0 Å². The fraction of sp³-hybridized carbons (Fsp3) is 0.208. The Hall–Kier alpha value is -3.87. The summed E-state index contributed by atoms with van der Waals surface area (Å²) in [4.78, 5) is 34.3. The number of carboxylic acid groups (broad SMARTS) is 1. The highest BCUT2D eigenvalue weighted by Crippen LogP contribution is 2.52. The highest BCUT2D eigenvalue weighted by atomic mass is 16.4. The van der Waals surface area contributed by atoms with Gasteiger partial charge >= 0.3 is 5.97 Å². The van der Waals surface area contributed by atoms with Crippen molar-refractivity contribution in [1.29, 1.82) is 0 Å². The van der Waals surface area contributed by atoms with Gasteiger partial charge < -0.3 is 5.11 Å². The average molecular weight is 410 g/mol. The Bertz CT molecular complexity index is 1440. The number of benzene rings is 2. The lowest BCUT2D eigenvalue weighted by atomic mass is 9.82. The van der Waals surface area contributed by atoms with E-state index in [1.165, 1.54) is 0 Å². The molecule has 0 amide bonds. The summed E-state index contributed by atoms with van der Waals surface area (Å²) in [5.74, 6) is -1.14. The van der Waals surface area contributed by atoms with Crippen molar-refractivity contribution in [3.05, 3.63) is 82.9 Å². The van der Waals surface area contributed by atoms with Crippen LogP contribution >= 0.6 is 0 Å². The van der Waals surface area contributed by atoms with Crippen LogP contribution in [0.2, 0.25) is 0 Å². The molecule has 2 bridgehead atoms. The van der Waals surface area contributed by atoms with Crippen LogP contribution in [0.1, 0.15) is 18.2 Å². The van der Waals surface area contributed by atoms with E-state index in [0.29, 0.717) is 27.9 Å². The summed E-state index contributed by atoms with van der Waals surface area (Å²) in [6, 6.07) is 16.6. The van der Waals surface area contributed by atoms with Crippen LogP contribution in [-0.2, 0) is 4.79 Å². The first-order chi connectivity index (χ1) is 15.1. The van der Waals surface area contributed by atoms with Crippen molar-refractivity contribution in [2.24, 2.45) is 17.8 Å². The number of hydrogen-bond acceptors (Lipinski definition) is 5. The molecular formula is C24H18N4O3. The van der Waals surface area contributed by atoms with E-state index in [2.05, 4.69) is 16.2 Å². The minimum Gasteiger partial charge on any atom is -0.481 e. The average Bonchev–Trinajstić information content (AvgIpc) is 3.40. The minimum atomic E-state index is -0.831. The smallest absolute Gasteiger partial charge is 0.307 e. The first-order valence-corrected chi connectivity index (χ1v) is 10.3. The van der Waals surface area contributed by atoms with Crippen LogP contribution < -0.4 is 5.56 Å². The minimum absolute atomic E-state index is 0.0169. The normalized spacial score (nSPS) is 24.3. The Labute approximate surface area is 176 Å². The third-order valence-corrected chi connectivity index (χ3v) is 6.50. The van der Waals surface area contributed by atoms with E-state index in [4.69, 9.17) is 4.98 Å². The number of rotatable bonds is 3. The van der Waals surface area contributed by atoms with Crippen molar-refractivity contribution in [1.82, 2.24) is 19.6 Å². The number of hydrogen-bond donors (Lipinski definition) is 1. The van der Waals surface area contributed by atoms with Gasteiger partial charge in [0.1, 0.15) is 5.82 Å². The molecule has 0 unspecified atom stereocenters. The standard InChI is InChI=1S/C24H18N4O3/c29-23-20(13-6-2-1-3-7-13)27-28-21(26-23)16-8-4-5-9-17(16)25-22(28)18-14-10-11-15(12-14)19(18)24(30)31/h1-11,14-15,18-19H,12H2,(H,30,31)/t14-,15-,18-,19-/m0/s1. The predicted molar refractivity (Wildman–Crippen MR) is 115 cm³/mol. The molecule has 7 heteroatoms. The lowest BCUT2D eigenvalue weighted by Gasteiger charge is -2.25. The molecule has 4 aromatic rings. The van der Waals surface area contributed by atoms with Crippen LogP contribution in [0.15, 0.2) is 71.5 Å². The molecule has 0 saturated heterocycles. The van der Waals surface area contributed by atoms with Gasteiger partial charge in [0.25, 0.3) is 5.56 Å². The molecule has 2 heterocycles. The molecule has 0 aliphatic heterocycles. The largest absolute Gasteiger partial charge is 0.481 e. The summed E-state index contributed by atoms with van der Waals surface area (Å²) in [6.07, 6.45) is 4.88. The lowest BCUT2D eigenvalue weighted by molar-refractivity contribution is -0.143. The zero-order chi connectivity index (χ0) is 21.1. The SMILES string of the molecule is O=C(O)[C@@H]1[C@@H](c2nc3ccccc3c3nc(=O)c(-c4ccccc4)nn23)[C@H]2C=C[C@H]1C2. The topological polar surface area (TPSA) is 97.5 Å². The van der Waals surface area contributed by atoms with E-state index in [-0.39, 0.29) is 23.4 Å². The molecule has 2 aromatic heterocycles. The van der Waals surface area contributed by atoms with Gasteiger partial charge in [-0.15, -0.1) is 0 Å². The summed E-state index contributed by atoms with van der Waals surface area (Å²) < 4.78 is 1.60. The Morgan fingerprint density at radius 2 is 1.71 bits per heavy atom. The molecule has 1 N–H and O–H groups in total. The van der Waals surface area contributed by atoms with Crippen molar-refractivity contribution in [3.8, 4) is 11.3 Å². The maximum absolute atomic E-state index is 12.9. The van der Waals surface area contributed by atoms with Crippen LogP contribution in [-0.4, -0.2) is 30.7 Å². The maximum atomic E-state index is 12.9. The number of aromatic nitrogens is 4. The number of allylic oxidation sites excluding steroid dienone is 2. The summed E-state index contributed by atoms with van der Waals surface area (Å²) in [7, 11) is 0. The highest BCUT2D eigenvalue weighted by molar-refractivity contribution is 5.91. The second kappa shape index (κ2) is 6.57. The number of para-hydroxylation sites is 1. The van der Waals surface area contributed by atoms with Gasteiger partial charge in [-0.25, -0.2) is 4.98 Å². The number of fused-ring (bicyclic) bond motifs is 5. The van der Waals surface area contributed by atoms with Crippen molar-refractivity contribution in [3.63, 3.8) is 0 Å². The number of carboxylic acids is 1. The van der Waals surface area contributed by atoms with Crippen molar-refractivity contribution in [2.45, 2.75) is 12.3 Å². The lowest BCUT2D eigenvalue weighted by Crippen LogP contribution is -2.29. The van der Waals surface area contributed by atoms with E-state index in [9.17, 15) is 14.7 Å². The summed E-state index contributed by atoms with van der Waals surface area (Å²) in [6.45, 7) is 0. The Morgan fingerprint density at radius 3 is 2.52 bits per heavy atom. The maximum Gasteiger partial charge on any atom is 0.307 e. The molecular weight excluding hydrogens is 392 g/mol. The summed E-state index contributed by atoms with van der Waals surface area (Å²) >= 11 is 0. The third kappa shape index (κ3) is 2.63. The zero-order valence-corrected chi connectivity index (χ0v) is 16.4. The van der Waals surface area contributed by atoms with E-state index in [0.717, 1.165) is 6.42 Å². The highest BCUT2D eigenvalue weighted by Gasteiger charge is 2.50. The Morgan fingerprint density at radius 1 is 0.968 bits per heavy atom. The van der Waals surface area contributed by atoms with Gasteiger partial charge in [-0.3, -0.25) is 9.59 Å². The molecule has 2 aliphatic rings. The number of aliphatic carboxylic acids is 1. The van der Waals surface area contributed by atoms with Gasteiger partial charge in [0.15, 0.2) is 11.3 Å². The van der Waals surface area contributed by atoms with E-state index in [1.54, 1.807) is 4.52 Å². The fourth-order valence-electron chi connectivity index (χ4n) is 5.16. The molecule has 6 rings (SSSR count). The Kier molecular flexibility index (Phi) is 3.80. The molecule has 2 aromatic carbocycles. The molecule has 7 nitrogen and oxygen atoms in total. The third-order valence-electron chi connectivity index (χ3n) is 6.50. The molecule has 1 fully saturated rings. The van der Waals surface area contributed by atoms with Gasteiger partial charge in [0.2, 0.25) is 0 Å². The van der Waals surface area contributed by atoms with Gasteiger partial charge in [-0.1, -0.05) is 54.6 Å². The van der Waals surface area contributed by atoms with Gasteiger partial charge in [0.05, 0.1) is 11.4 Å². The molecule has 0 radical (unpaired) electrons. The molecule has 2 aliphatic carbocycles. The van der Waals surface area contributed by atoms with E-state index < -0.39 is 17.4 Å². The monoisotopic (exact) mass is 410 g/mol. The molecule has 0 spiro atoms. The van der Waals surface area contributed by atoms with Crippen LogP contribution in [0, 0.1) is 17.8 Å². The molecule has 1 saturated carbocycles. The van der Waals surface area contributed by atoms with Crippen LogP contribution in [0.3, 0.4) is 0 Å². The first-order valence-electron chi connectivity index (χ1n) is 10.3. The van der Waals surface area contributed by atoms with Crippen molar-refractivity contribution < 1.29 is 9.90 Å². The first kappa shape index (κ1) is 17.9. The molecule has 152 valence electrons. The second-order valence-electron chi connectivity index (χ2n) is 8.19. The van der Waals surface area contributed by atoms with E-state index in [1.807, 2.05) is 60.7 Å².